The lowest BCUT2D eigenvalue weighted by molar-refractivity contribution is -0.302. The first-order valence-electron chi connectivity index (χ1n) is 24.7. The normalized spacial score (nSPS) is 21.4. The fourth-order valence-electron chi connectivity index (χ4n) is 7.80. The Morgan fingerprint density at radius 3 is 1.42 bits per heavy atom. The number of nitrogens with one attached hydrogen (secondary N) is 1. The molecule has 0 aliphatic carbocycles. The van der Waals surface area contributed by atoms with Gasteiger partial charge in [0.15, 0.2) is 6.29 Å². The average Bonchev–Trinajstić information content (AvgIpc) is 3.23. The number of carbonyl (C=O) groups is 1. The minimum Gasteiger partial charge on any atom is -0.394 e. The fraction of sp³-hybridized carbons (Fsp3) is 0.898. The van der Waals surface area contributed by atoms with E-state index < -0.39 is 61.5 Å². The number of hydrogen-bond acceptors (Lipinski definition) is 9. The molecule has 1 aliphatic heterocycles. The third-order valence-electron chi connectivity index (χ3n) is 11.9. The molecule has 1 saturated heterocycles. The fourth-order valence-corrected chi connectivity index (χ4v) is 7.80. The molecule has 59 heavy (non-hydrogen) atoms. The Hall–Kier alpha value is -1.37. The zero-order chi connectivity index (χ0) is 43.2. The zero-order valence-corrected chi connectivity index (χ0v) is 37.9. The Kier molecular flexibility index (Phi) is 37.2. The van der Waals surface area contributed by atoms with E-state index in [1.807, 2.05) is 6.08 Å². The van der Waals surface area contributed by atoms with Gasteiger partial charge in [0.1, 0.15) is 30.5 Å². The van der Waals surface area contributed by atoms with Crippen molar-refractivity contribution in [2.45, 2.75) is 268 Å². The van der Waals surface area contributed by atoms with Gasteiger partial charge in [0, 0.05) is 0 Å². The van der Waals surface area contributed by atoms with Crippen LogP contribution in [0.15, 0.2) is 24.3 Å². The van der Waals surface area contributed by atoms with E-state index in [0.717, 1.165) is 44.9 Å². The second-order valence-corrected chi connectivity index (χ2v) is 17.4. The summed E-state index contributed by atoms with van der Waals surface area (Å²) < 4.78 is 11.1. The van der Waals surface area contributed by atoms with Crippen molar-refractivity contribution in [3.63, 3.8) is 0 Å². The summed E-state index contributed by atoms with van der Waals surface area (Å²) >= 11 is 0. The molecule has 0 aromatic rings. The van der Waals surface area contributed by atoms with Crippen molar-refractivity contribution in [3.05, 3.63) is 24.3 Å². The molecule has 10 heteroatoms. The predicted molar refractivity (Wildman–Crippen MR) is 241 cm³/mol. The third-order valence-corrected chi connectivity index (χ3v) is 11.9. The topological polar surface area (TPSA) is 169 Å². The van der Waals surface area contributed by atoms with Crippen molar-refractivity contribution in [2.75, 3.05) is 13.2 Å². The van der Waals surface area contributed by atoms with Crippen LogP contribution in [0.2, 0.25) is 0 Å². The van der Waals surface area contributed by atoms with Crippen LogP contribution in [0.3, 0.4) is 0 Å². The standard InChI is InChI=1S/C49H93NO9/c1-3-5-7-9-11-13-15-17-18-19-20-21-22-23-24-25-26-28-30-32-34-36-38-43(53)48(57)50-41(40-58-49-47(56)46(55)45(54)44(39-51)59-49)42(52)37-35-33-31-29-27-16-14-12-10-8-6-4-2/h23-24,35,37,41-47,49,51-56H,3-22,25-34,36,38-40H2,1-2H3,(H,50,57)/b24-23-,37-35+. The molecule has 1 amide bonds. The zero-order valence-electron chi connectivity index (χ0n) is 37.9. The van der Waals surface area contributed by atoms with Crippen LogP contribution in [0.25, 0.3) is 0 Å². The van der Waals surface area contributed by atoms with E-state index in [4.69, 9.17) is 9.47 Å². The Balaban J connectivity index is 2.33. The van der Waals surface area contributed by atoms with E-state index in [1.165, 1.54) is 148 Å². The van der Waals surface area contributed by atoms with Crippen LogP contribution in [-0.4, -0.2) is 98.7 Å². The van der Waals surface area contributed by atoms with Crippen LogP contribution < -0.4 is 5.32 Å². The molecule has 10 nitrogen and oxygen atoms in total. The largest absolute Gasteiger partial charge is 0.394 e. The van der Waals surface area contributed by atoms with E-state index in [2.05, 4.69) is 31.3 Å². The van der Waals surface area contributed by atoms with Gasteiger partial charge in [-0.05, 0) is 44.9 Å². The molecule has 1 rings (SSSR count). The number of aliphatic hydroxyl groups is 6. The van der Waals surface area contributed by atoms with Crippen molar-refractivity contribution in [1.29, 1.82) is 0 Å². The quantitative estimate of drug-likeness (QED) is 0.0234. The van der Waals surface area contributed by atoms with Gasteiger partial charge in [0.05, 0.1) is 25.4 Å². The number of ether oxygens (including phenoxy) is 2. The van der Waals surface area contributed by atoms with Crippen molar-refractivity contribution in [3.8, 4) is 0 Å². The van der Waals surface area contributed by atoms with E-state index in [-0.39, 0.29) is 6.61 Å². The second kappa shape index (κ2) is 39.5. The van der Waals surface area contributed by atoms with Gasteiger partial charge in [-0.2, -0.15) is 0 Å². The molecule has 0 bridgehead atoms. The van der Waals surface area contributed by atoms with Gasteiger partial charge in [0.2, 0.25) is 5.91 Å². The van der Waals surface area contributed by atoms with Crippen molar-refractivity contribution < 1.29 is 44.9 Å². The molecular formula is C49H93NO9. The number of unbranched alkanes of at least 4 members (excludes halogenated alkanes) is 28. The number of rotatable bonds is 41. The van der Waals surface area contributed by atoms with Crippen molar-refractivity contribution in [1.82, 2.24) is 5.32 Å². The van der Waals surface area contributed by atoms with Crippen LogP contribution >= 0.6 is 0 Å². The van der Waals surface area contributed by atoms with E-state index >= 15 is 0 Å². The Morgan fingerprint density at radius 2 is 0.983 bits per heavy atom. The highest BCUT2D eigenvalue weighted by Crippen LogP contribution is 2.23. The predicted octanol–water partition coefficient (Wildman–Crippen LogP) is 9.64. The second-order valence-electron chi connectivity index (χ2n) is 17.4. The summed E-state index contributed by atoms with van der Waals surface area (Å²) in [6, 6.07) is -0.980. The smallest absolute Gasteiger partial charge is 0.249 e. The molecule has 0 aromatic heterocycles. The van der Waals surface area contributed by atoms with Crippen LogP contribution in [0.5, 0.6) is 0 Å². The van der Waals surface area contributed by atoms with E-state index in [1.54, 1.807) is 6.08 Å². The van der Waals surface area contributed by atoms with Crippen molar-refractivity contribution in [2.24, 2.45) is 0 Å². The van der Waals surface area contributed by atoms with Gasteiger partial charge in [-0.1, -0.05) is 199 Å². The first kappa shape index (κ1) is 55.6. The number of hydrogen-bond donors (Lipinski definition) is 7. The lowest BCUT2D eigenvalue weighted by Gasteiger charge is -2.40. The maximum Gasteiger partial charge on any atom is 0.249 e. The molecular weight excluding hydrogens is 747 g/mol. The van der Waals surface area contributed by atoms with Gasteiger partial charge in [-0.15, -0.1) is 0 Å². The SMILES string of the molecule is CCCCCCCCCCCC/C=C/C(O)C(COC1OC(CO)C(O)C(O)C1O)NC(=O)C(O)CCCCCCCC/C=C\CCCCCCCCCCCCCC. The molecule has 8 atom stereocenters. The Bertz CT molecular complexity index is 995. The number of amides is 1. The minimum absolute atomic E-state index is 0.304. The van der Waals surface area contributed by atoms with Crippen LogP contribution in [-0.2, 0) is 14.3 Å². The first-order chi connectivity index (χ1) is 28.8. The van der Waals surface area contributed by atoms with Gasteiger partial charge in [-0.25, -0.2) is 0 Å². The van der Waals surface area contributed by atoms with E-state index in [0.29, 0.717) is 12.8 Å². The molecule has 348 valence electrons. The molecule has 8 unspecified atom stereocenters. The van der Waals surface area contributed by atoms with Crippen LogP contribution in [0.4, 0.5) is 0 Å². The highest BCUT2D eigenvalue weighted by Gasteiger charge is 2.44. The molecule has 0 aromatic carbocycles. The summed E-state index contributed by atoms with van der Waals surface area (Å²) in [5.74, 6) is -0.621. The number of allylic oxidation sites excluding steroid dienone is 3. The molecule has 0 spiro atoms. The summed E-state index contributed by atoms with van der Waals surface area (Å²) in [5, 5.41) is 64.7. The van der Waals surface area contributed by atoms with Gasteiger partial charge >= 0.3 is 0 Å². The highest BCUT2D eigenvalue weighted by atomic mass is 16.7. The van der Waals surface area contributed by atoms with Gasteiger partial charge < -0.3 is 45.4 Å². The van der Waals surface area contributed by atoms with Gasteiger partial charge in [0.25, 0.3) is 0 Å². The highest BCUT2D eigenvalue weighted by molar-refractivity contribution is 5.80. The number of carbonyl (C=O) groups excluding carboxylic acids is 1. The van der Waals surface area contributed by atoms with Crippen LogP contribution in [0.1, 0.15) is 219 Å². The summed E-state index contributed by atoms with van der Waals surface area (Å²) in [4.78, 5) is 13.0. The van der Waals surface area contributed by atoms with Crippen LogP contribution in [0, 0.1) is 0 Å². The lowest BCUT2D eigenvalue weighted by Crippen LogP contribution is -2.60. The molecule has 1 aliphatic rings. The van der Waals surface area contributed by atoms with Crippen molar-refractivity contribution >= 4 is 5.91 Å². The summed E-state index contributed by atoms with van der Waals surface area (Å²) in [6.07, 6.45) is 37.0. The lowest BCUT2D eigenvalue weighted by atomic mass is 9.99. The Labute approximate surface area is 361 Å². The summed E-state index contributed by atoms with van der Waals surface area (Å²) in [7, 11) is 0. The molecule has 7 N–H and O–H groups in total. The molecule has 1 fully saturated rings. The summed E-state index contributed by atoms with van der Waals surface area (Å²) in [6.45, 7) is 3.60. The number of aliphatic hydroxyl groups excluding tert-OH is 6. The minimum atomic E-state index is -1.61. The summed E-state index contributed by atoms with van der Waals surface area (Å²) in [5.41, 5.74) is 0. The first-order valence-corrected chi connectivity index (χ1v) is 24.7. The molecule has 0 saturated carbocycles. The molecule has 1 heterocycles. The molecule has 0 radical (unpaired) electrons. The monoisotopic (exact) mass is 840 g/mol. The van der Waals surface area contributed by atoms with E-state index in [9.17, 15) is 35.4 Å². The van der Waals surface area contributed by atoms with Gasteiger partial charge in [-0.3, -0.25) is 4.79 Å². The Morgan fingerprint density at radius 1 is 0.576 bits per heavy atom. The third kappa shape index (κ3) is 29.5. The average molecular weight is 840 g/mol. The maximum atomic E-state index is 13.0. The maximum absolute atomic E-state index is 13.0.